The van der Waals surface area contributed by atoms with E-state index < -0.39 is 0 Å². The number of ether oxygens (including phenoxy) is 2. The molecule has 0 radical (unpaired) electrons. The minimum Gasteiger partial charge on any atom is -0.489 e. The lowest BCUT2D eigenvalue weighted by Gasteiger charge is -2.09. The maximum atomic E-state index is 5.74. The zero-order chi connectivity index (χ0) is 15.8. The van der Waals surface area contributed by atoms with E-state index in [4.69, 9.17) is 9.47 Å². The number of benzene rings is 1. The molecule has 1 heterocycles. The molecule has 0 atom stereocenters. The molecule has 3 nitrogen and oxygen atoms in total. The minimum atomic E-state index is 0.489. The molecule has 2 rings (SSSR count). The number of aromatic nitrogens is 1. The Bertz CT molecular complexity index is 675. The van der Waals surface area contributed by atoms with Crippen molar-refractivity contribution in [2.45, 2.75) is 13.5 Å². The van der Waals surface area contributed by atoms with Crippen molar-refractivity contribution >= 4 is 0 Å². The average molecular weight is 293 g/mol. The molecule has 0 amide bonds. The molecule has 22 heavy (non-hydrogen) atoms. The number of nitrogens with zero attached hydrogens (tertiary/aromatic N) is 1. The van der Waals surface area contributed by atoms with Gasteiger partial charge in [-0.25, -0.2) is 0 Å². The molecule has 0 saturated heterocycles. The fraction of sp³-hybridized carbons (Fsp3) is 0.105. The van der Waals surface area contributed by atoms with E-state index in [9.17, 15) is 0 Å². The van der Waals surface area contributed by atoms with Crippen LogP contribution in [0.3, 0.4) is 0 Å². The van der Waals surface area contributed by atoms with Crippen molar-refractivity contribution in [2.75, 3.05) is 0 Å². The van der Waals surface area contributed by atoms with Crippen molar-refractivity contribution in [3.63, 3.8) is 0 Å². The Labute approximate surface area is 131 Å². The Balaban J connectivity index is 1.95. The number of rotatable bonds is 7. The second kappa shape index (κ2) is 7.84. The fourth-order valence-corrected chi connectivity index (χ4v) is 1.69. The summed E-state index contributed by atoms with van der Waals surface area (Å²) in [5, 5.41) is 0. The van der Waals surface area contributed by atoms with Gasteiger partial charge in [-0.15, -0.1) is 0 Å². The highest BCUT2D eigenvalue weighted by molar-refractivity contribution is 5.35. The third kappa shape index (κ3) is 5.29. The number of allylic oxidation sites excluding steroid dienone is 3. The summed E-state index contributed by atoms with van der Waals surface area (Å²) in [5.41, 5.74) is 2.01. The molecule has 0 aliphatic carbocycles. The number of hydrogen-bond donors (Lipinski definition) is 0. The van der Waals surface area contributed by atoms with Crippen molar-refractivity contribution in [2.24, 2.45) is 0 Å². The molecule has 1 aromatic heterocycles. The molecule has 0 spiro atoms. The van der Waals surface area contributed by atoms with Gasteiger partial charge < -0.3 is 9.47 Å². The van der Waals surface area contributed by atoms with Gasteiger partial charge in [0.25, 0.3) is 0 Å². The largest absolute Gasteiger partial charge is 0.489 e. The summed E-state index contributed by atoms with van der Waals surface area (Å²) in [5.74, 6) is 1.98. The Kier molecular flexibility index (Phi) is 5.55. The zero-order valence-corrected chi connectivity index (χ0v) is 12.7. The van der Waals surface area contributed by atoms with E-state index in [1.807, 2.05) is 49.4 Å². The van der Waals surface area contributed by atoms with Gasteiger partial charge in [0.2, 0.25) is 0 Å². The van der Waals surface area contributed by atoms with Gasteiger partial charge in [0.15, 0.2) is 0 Å². The van der Waals surface area contributed by atoms with Gasteiger partial charge in [-0.2, -0.15) is 0 Å². The average Bonchev–Trinajstić information content (AvgIpc) is 2.52. The number of pyridine rings is 1. The van der Waals surface area contributed by atoms with E-state index in [0.29, 0.717) is 18.1 Å². The van der Waals surface area contributed by atoms with Crippen LogP contribution in [0.25, 0.3) is 0 Å². The SMILES string of the molecule is C=C(C)/C=C\C(=C)Oc1cccc(OCc2ccncc2)c1. The first kappa shape index (κ1) is 15.6. The highest BCUT2D eigenvalue weighted by atomic mass is 16.5. The minimum absolute atomic E-state index is 0.489. The quantitative estimate of drug-likeness (QED) is 0.548. The van der Waals surface area contributed by atoms with Crippen molar-refractivity contribution in [1.82, 2.24) is 4.98 Å². The summed E-state index contributed by atoms with van der Waals surface area (Å²) in [6.45, 7) is 10.0. The zero-order valence-electron chi connectivity index (χ0n) is 12.7. The second-order valence-electron chi connectivity index (χ2n) is 4.87. The molecular weight excluding hydrogens is 274 g/mol. The molecular formula is C19H19NO2. The fourth-order valence-electron chi connectivity index (χ4n) is 1.69. The monoisotopic (exact) mass is 293 g/mol. The van der Waals surface area contributed by atoms with Crippen LogP contribution in [0.1, 0.15) is 12.5 Å². The summed E-state index contributed by atoms with van der Waals surface area (Å²) in [4.78, 5) is 3.98. The van der Waals surface area contributed by atoms with Gasteiger partial charge in [-0.3, -0.25) is 4.98 Å². The van der Waals surface area contributed by atoms with Crippen LogP contribution in [-0.2, 0) is 6.61 Å². The smallest absolute Gasteiger partial charge is 0.131 e. The first-order valence-electron chi connectivity index (χ1n) is 6.95. The van der Waals surface area contributed by atoms with Gasteiger partial charge in [0.1, 0.15) is 23.9 Å². The van der Waals surface area contributed by atoms with Gasteiger partial charge in [0.05, 0.1) is 0 Å². The van der Waals surface area contributed by atoms with Crippen LogP contribution >= 0.6 is 0 Å². The van der Waals surface area contributed by atoms with Gasteiger partial charge in [-0.05, 0) is 42.8 Å². The Morgan fingerprint density at radius 3 is 2.55 bits per heavy atom. The molecule has 0 saturated carbocycles. The summed E-state index contributed by atoms with van der Waals surface area (Å²) >= 11 is 0. The van der Waals surface area contributed by atoms with E-state index in [-0.39, 0.29) is 0 Å². The van der Waals surface area contributed by atoms with E-state index in [1.54, 1.807) is 18.5 Å². The van der Waals surface area contributed by atoms with E-state index in [1.165, 1.54) is 0 Å². The molecule has 3 heteroatoms. The van der Waals surface area contributed by atoms with Gasteiger partial charge >= 0.3 is 0 Å². The van der Waals surface area contributed by atoms with Gasteiger partial charge in [0, 0.05) is 18.5 Å². The summed E-state index contributed by atoms with van der Waals surface area (Å²) in [6.07, 6.45) is 7.13. The lowest BCUT2D eigenvalue weighted by atomic mass is 10.3. The maximum absolute atomic E-state index is 5.74. The Morgan fingerprint density at radius 2 is 1.82 bits per heavy atom. The van der Waals surface area contributed by atoms with Crippen LogP contribution in [0, 0.1) is 0 Å². The first-order chi connectivity index (χ1) is 10.6. The summed E-state index contributed by atoms with van der Waals surface area (Å²) in [6, 6.07) is 11.3. The van der Waals surface area contributed by atoms with Crippen molar-refractivity contribution in [3.8, 4) is 11.5 Å². The molecule has 0 fully saturated rings. The molecule has 112 valence electrons. The molecule has 2 aromatic rings. The first-order valence-corrected chi connectivity index (χ1v) is 6.95. The van der Waals surface area contributed by atoms with Crippen LogP contribution in [0.5, 0.6) is 11.5 Å². The van der Waals surface area contributed by atoms with Crippen molar-refractivity contribution < 1.29 is 9.47 Å². The van der Waals surface area contributed by atoms with Crippen molar-refractivity contribution in [1.29, 1.82) is 0 Å². The van der Waals surface area contributed by atoms with E-state index in [2.05, 4.69) is 18.1 Å². The van der Waals surface area contributed by atoms with Gasteiger partial charge in [-0.1, -0.05) is 30.9 Å². The van der Waals surface area contributed by atoms with Crippen LogP contribution in [0.15, 0.2) is 85.4 Å². The second-order valence-corrected chi connectivity index (χ2v) is 4.87. The van der Waals surface area contributed by atoms with Crippen LogP contribution in [0.4, 0.5) is 0 Å². The summed E-state index contributed by atoms with van der Waals surface area (Å²) in [7, 11) is 0. The topological polar surface area (TPSA) is 31.4 Å². The predicted molar refractivity (Wildman–Crippen MR) is 88.7 cm³/mol. The normalized spacial score (nSPS) is 10.4. The third-order valence-corrected chi connectivity index (χ3v) is 2.76. The van der Waals surface area contributed by atoms with E-state index >= 15 is 0 Å². The molecule has 1 aromatic carbocycles. The summed E-state index contributed by atoms with van der Waals surface area (Å²) < 4.78 is 11.4. The molecule has 0 N–H and O–H groups in total. The third-order valence-electron chi connectivity index (χ3n) is 2.76. The van der Waals surface area contributed by atoms with Crippen LogP contribution < -0.4 is 9.47 Å². The molecule has 0 bridgehead atoms. The Hall–Kier alpha value is -2.81. The van der Waals surface area contributed by atoms with Crippen molar-refractivity contribution in [3.05, 3.63) is 91.0 Å². The molecule has 0 unspecified atom stereocenters. The lowest BCUT2D eigenvalue weighted by molar-refractivity contribution is 0.304. The predicted octanol–water partition coefficient (Wildman–Crippen LogP) is 4.69. The van der Waals surface area contributed by atoms with Crippen LogP contribution in [0.2, 0.25) is 0 Å². The Morgan fingerprint density at radius 1 is 1.09 bits per heavy atom. The highest BCUT2D eigenvalue weighted by Crippen LogP contribution is 2.22. The maximum Gasteiger partial charge on any atom is 0.131 e. The van der Waals surface area contributed by atoms with Crippen LogP contribution in [-0.4, -0.2) is 4.98 Å². The van der Waals surface area contributed by atoms with E-state index in [0.717, 1.165) is 16.9 Å². The lowest BCUT2D eigenvalue weighted by Crippen LogP contribution is -1.96. The molecule has 0 aliphatic rings. The molecule has 0 aliphatic heterocycles. The highest BCUT2D eigenvalue weighted by Gasteiger charge is 2.00. The number of hydrogen-bond acceptors (Lipinski definition) is 3. The standard InChI is InChI=1S/C19H19NO2/c1-15(2)7-8-16(3)22-19-6-4-5-18(13-19)21-14-17-9-11-20-12-10-17/h4-13H,1,3,14H2,2H3/b8-7-.